The lowest BCUT2D eigenvalue weighted by Gasteiger charge is -2.24. The van der Waals surface area contributed by atoms with E-state index < -0.39 is 27.9 Å². The van der Waals surface area contributed by atoms with Crippen LogP contribution < -0.4 is 4.74 Å². The summed E-state index contributed by atoms with van der Waals surface area (Å²) in [4.78, 5) is 16.2. The molecule has 7 nitrogen and oxygen atoms in total. The van der Waals surface area contributed by atoms with E-state index in [0.29, 0.717) is 29.3 Å². The van der Waals surface area contributed by atoms with E-state index in [2.05, 4.69) is 4.98 Å². The van der Waals surface area contributed by atoms with Crippen molar-refractivity contribution in [3.63, 3.8) is 0 Å². The third kappa shape index (κ3) is 4.85. The highest BCUT2D eigenvalue weighted by Crippen LogP contribution is 2.36. The van der Waals surface area contributed by atoms with Crippen LogP contribution in [0.2, 0.25) is 5.02 Å². The predicted molar refractivity (Wildman–Crippen MR) is 119 cm³/mol. The molecule has 1 aromatic heterocycles. The van der Waals surface area contributed by atoms with Gasteiger partial charge in [-0.3, -0.25) is 4.98 Å². The van der Waals surface area contributed by atoms with Gasteiger partial charge in [0.2, 0.25) is 10.0 Å². The molecule has 0 spiro atoms. The lowest BCUT2D eigenvalue weighted by Crippen LogP contribution is -2.31. The van der Waals surface area contributed by atoms with Gasteiger partial charge in [-0.1, -0.05) is 23.7 Å². The van der Waals surface area contributed by atoms with Crippen molar-refractivity contribution in [1.82, 2.24) is 9.29 Å². The Hall–Kier alpha value is -3.01. The zero-order chi connectivity index (χ0) is 23.6. The number of halogens is 2. The van der Waals surface area contributed by atoms with Gasteiger partial charge in [-0.05, 0) is 61.4 Å². The highest BCUT2D eigenvalue weighted by atomic mass is 35.5. The molecular formula is C23H20ClFN2O5S. The summed E-state index contributed by atoms with van der Waals surface area (Å²) in [5.41, 5.74) is 0.531. The second kappa shape index (κ2) is 9.46. The van der Waals surface area contributed by atoms with E-state index in [1.165, 1.54) is 28.6 Å². The third-order valence-electron chi connectivity index (χ3n) is 5.39. The maximum atomic E-state index is 13.3. The first kappa shape index (κ1) is 23.2. The van der Waals surface area contributed by atoms with Crippen LogP contribution in [-0.2, 0) is 16.6 Å². The van der Waals surface area contributed by atoms with Crippen LogP contribution in [0.25, 0.3) is 0 Å². The molecule has 0 aliphatic carbocycles. The lowest BCUT2D eigenvalue weighted by atomic mass is 10.1. The van der Waals surface area contributed by atoms with Gasteiger partial charge in [0, 0.05) is 6.54 Å². The molecule has 0 saturated carbocycles. The molecule has 1 aliphatic heterocycles. The topological polar surface area (TPSA) is 96.8 Å². The van der Waals surface area contributed by atoms with E-state index in [4.69, 9.17) is 16.3 Å². The first-order valence-corrected chi connectivity index (χ1v) is 12.0. The zero-order valence-electron chi connectivity index (χ0n) is 17.3. The molecule has 1 aliphatic rings. The largest absolute Gasteiger partial charge is 0.486 e. The molecule has 2 aromatic carbocycles. The molecule has 2 heterocycles. The average Bonchev–Trinajstić information content (AvgIpc) is 3.29. The van der Waals surface area contributed by atoms with E-state index in [1.807, 2.05) is 0 Å². The minimum Gasteiger partial charge on any atom is -0.486 e. The molecule has 4 rings (SSSR count). The average molecular weight is 491 g/mol. The van der Waals surface area contributed by atoms with Crippen molar-refractivity contribution in [2.45, 2.75) is 30.4 Å². The Morgan fingerprint density at radius 3 is 2.58 bits per heavy atom. The molecule has 0 bridgehead atoms. The maximum Gasteiger partial charge on any atom is 0.337 e. The number of carboxylic acid groups (broad SMARTS) is 1. The van der Waals surface area contributed by atoms with Gasteiger partial charge < -0.3 is 9.84 Å². The molecular weight excluding hydrogens is 471 g/mol. The molecule has 0 amide bonds. The number of hydrogen-bond acceptors (Lipinski definition) is 5. The van der Waals surface area contributed by atoms with Gasteiger partial charge in [0.25, 0.3) is 0 Å². The van der Waals surface area contributed by atoms with E-state index in [1.54, 1.807) is 24.3 Å². The number of para-hydroxylation sites is 1. The van der Waals surface area contributed by atoms with Crippen molar-refractivity contribution < 1.29 is 27.4 Å². The summed E-state index contributed by atoms with van der Waals surface area (Å²) in [5, 5.41) is 9.94. The second-order valence-corrected chi connectivity index (χ2v) is 9.78. The Balaban J connectivity index is 1.65. The van der Waals surface area contributed by atoms with Crippen molar-refractivity contribution in [3.05, 3.63) is 88.5 Å². The molecule has 1 N–H and O–H groups in total. The van der Waals surface area contributed by atoms with Gasteiger partial charge in [0.1, 0.15) is 18.2 Å². The molecule has 172 valence electrons. The van der Waals surface area contributed by atoms with Crippen molar-refractivity contribution in [3.8, 4) is 5.75 Å². The minimum atomic E-state index is -3.89. The van der Waals surface area contributed by atoms with Crippen LogP contribution in [0.5, 0.6) is 5.75 Å². The third-order valence-corrected chi connectivity index (χ3v) is 7.63. The normalized spacial score (nSPS) is 16.6. The number of nitrogens with zero attached hydrogens (tertiary/aromatic N) is 2. The summed E-state index contributed by atoms with van der Waals surface area (Å²) in [7, 11) is -3.89. The van der Waals surface area contributed by atoms with Crippen LogP contribution in [-0.4, -0.2) is 35.3 Å². The molecule has 3 aromatic rings. The fourth-order valence-corrected chi connectivity index (χ4v) is 5.64. The number of aromatic carboxylic acids is 1. The van der Waals surface area contributed by atoms with E-state index in [0.717, 1.165) is 12.1 Å². The van der Waals surface area contributed by atoms with Gasteiger partial charge >= 0.3 is 5.97 Å². The van der Waals surface area contributed by atoms with Crippen LogP contribution in [0.3, 0.4) is 0 Å². The van der Waals surface area contributed by atoms with Crippen LogP contribution in [0, 0.1) is 5.82 Å². The van der Waals surface area contributed by atoms with Crippen molar-refractivity contribution in [1.29, 1.82) is 0 Å². The smallest absolute Gasteiger partial charge is 0.337 e. The fourth-order valence-electron chi connectivity index (χ4n) is 3.78. The van der Waals surface area contributed by atoms with Crippen LogP contribution in [0.15, 0.2) is 65.6 Å². The van der Waals surface area contributed by atoms with Crippen LogP contribution in [0.4, 0.5) is 4.39 Å². The number of benzene rings is 2. The molecule has 1 fully saturated rings. The molecule has 1 saturated heterocycles. The summed E-state index contributed by atoms with van der Waals surface area (Å²) < 4.78 is 46.6. The number of carboxylic acids is 1. The highest BCUT2D eigenvalue weighted by Gasteiger charge is 2.37. The maximum absolute atomic E-state index is 13.3. The first-order valence-electron chi connectivity index (χ1n) is 10.2. The molecule has 10 heteroatoms. The number of sulfonamides is 1. The zero-order valence-corrected chi connectivity index (χ0v) is 18.9. The molecule has 0 unspecified atom stereocenters. The van der Waals surface area contributed by atoms with Crippen LogP contribution in [0.1, 0.15) is 40.6 Å². The minimum absolute atomic E-state index is 0.0137. The highest BCUT2D eigenvalue weighted by molar-refractivity contribution is 7.89. The fraction of sp³-hybridized carbons (Fsp3) is 0.217. The molecule has 33 heavy (non-hydrogen) atoms. The Bertz CT molecular complexity index is 1280. The number of carbonyl (C=O) groups is 1. The van der Waals surface area contributed by atoms with Gasteiger partial charge in [0.05, 0.1) is 32.9 Å². The Kier molecular flexibility index (Phi) is 6.64. The number of hydrogen-bond donors (Lipinski definition) is 1. The lowest BCUT2D eigenvalue weighted by molar-refractivity contribution is 0.0693. The molecule has 0 radical (unpaired) electrons. The Labute approximate surface area is 195 Å². The SMILES string of the molecule is O=C(O)c1ccc([C@H]2CCCN2S(=O)(=O)c2ccc(F)cc2)nc1COc1ccccc1Cl. The van der Waals surface area contributed by atoms with Gasteiger partial charge in [-0.25, -0.2) is 17.6 Å². The van der Waals surface area contributed by atoms with Gasteiger partial charge in [-0.15, -0.1) is 0 Å². The number of ether oxygens (including phenoxy) is 1. The van der Waals surface area contributed by atoms with Crippen molar-refractivity contribution in [2.24, 2.45) is 0 Å². The summed E-state index contributed by atoms with van der Waals surface area (Å²) in [6.45, 7) is 0.120. The summed E-state index contributed by atoms with van der Waals surface area (Å²) in [6.07, 6.45) is 1.13. The van der Waals surface area contributed by atoms with Gasteiger partial charge in [0.15, 0.2) is 0 Å². The summed E-state index contributed by atoms with van der Waals surface area (Å²) in [6, 6.07) is 13.8. The Morgan fingerprint density at radius 2 is 1.88 bits per heavy atom. The van der Waals surface area contributed by atoms with Crippen molar-refractivity contribution in [2.75, 3.05) is 6.54 Å². The standard InChI is InChI=1S/C23H20ClFN2O5S/c24-18-4-1-2-6-22(18)32-14-20-17(23(28)29)11-12-19(26-20)21-5-3-13-27(21)33(30,31)16-9-7-15(25)8-10-16/h1-2,4,6-12,21H,3,5,13-14H2,(H,28,29)/t21-/m1/s1. The van der Waals surface area contributed by atoms with Gasteiger partial charge in [-0.2, -0.15) is 4.31 Å². The first-order chi connectivity index (χ1) is 15.8. The number of aromatic nitrogens is 1. The Morgan fingerprint density at radius 1 is 1.15 bits per heavy atom. The monoisotopic (exact) mass is 490 g/mol. The second-order valence-electron chi connectivity index (χ2n) is 7.48. The summed E-state index contributed by atoms with van der Waals surface area (Å²) >= 11 is 6.11. The summed E-state index contributed by atoms with van der Waals surface area (Å²) in [5.74, 6) is -1.32. The quantitative estimate of drug-likeness (QED) is 0.516. The molecule has 1 atom stereocenters. The number of rotatable bonds is 7. The van der Waals surface area contributed by atoms with E-state index in [-0.39, 0.29) is 29.3 Å². The number of pyridine rings is 1. The van der Waals surface area contributed by atoms with Crippen LogP contribution >= 0.6 is 11.6 Å². The van der Waals surface area contributed by atoms with E-state index >= 15 is 0 Å². The van der Waals surface area contributed by atoms with Crippen molar-refractivity contribution >= 4 is 27.6 Å². The predicted octanol–water partition coefficient (Wildman–Crippen LogP) is 4.68. The van der Waals surface area contributed by atoms with E-state index in [9.17, 15) is 22.7 Å².